The number of carbonyl (C=O) groups is 1. The summed E-state index contributed by atoms with van der Waals surface area (Å²) in [6.45, 7) is 6.66. The summed E-state index contributed by atoms with van der Waals surface area (Å²) in [4.78, 5) is 11.9. The molecule has 1 aromatic heterocycles. The zero-order chi connectivity index (χ0) is 28.3. The molecule has 4 heteroatoms. The zero-order valence-electron chi connectivity index (χ0n) is 24.2. The minimum Gasteiger partial charge on any atom is -0.478 e. The van der Waals surface area contributed by atoms with E-state index in [0.717, 1.165) is 29.7 Å². The summed E-state index contributed by atoms with van der Waals surface area (Å²) in [5, 5.41) is 9.73. The topological polar surface area (TPSA) is 51.5 Å². The molecule has 40 heavy (non-hydrogen) atoms. The maximum Gasteiger partial charge on any atom is 0.345 e. The second-order valence-corrected chi connectivity index (χ2v) is 10.7. The first-order valence-electron chi connectivity index (χ1n) is 14.8. The first kappa shape index (κ1) is 29.2. The molecule has 0 aliphatic heterocycles. The van der Waals surface area contributed by atoms with Gasteiger partial charge in [-0.15, -0.1) is 0 Å². The predicted molar refractivity (Wildman–Crippen MR) is 164 cm³/mol. The van der Waals surface area contributed by atoms with Gasteiger partial charge in [-0.3, -0.25) is 0 Å². The Bertz CT molecular complexity index is 1320. The van der Waals surface area contributed by atoms with E-state index in [-0.39, 0.29) is 6.04 Å². The van der Waals surface area contributed by atoms with Gasteiger partial charge in [-0.05, 0) is 84.8 Å². The van der Waals surface area contributed by atoms with Crippen LogP contribution in [0.15, 0.2) is 91.0 Å². The van der Waals surface area contributed by atoms with Crippen molar-refractivity contribution >= 4 is 5.97 Å². The number of nitrogens with zero attached hydrogens (tertiary/aromatic N) is 1. The van der Waals surface area contributed by atoms with Crippen LogP contribution >= 0.6 is 0 Å². The van der Waals surface area contributed by atoms with E-state index in [4.69, 9.17) is 4.74 Å². The standard InChI is InChI=1S/C36H43NO3/c1-4-6-7-8-10-13-28-17-19-30(20-18-28)33(5-2)37-27(3)16-25-34(37)31-21-23-32(24-22-31)40-35(36(38)39)26-29-14-11-9-12-15-29/h9,11-12,14-25,33,35H,4-8,10,13,26H2,1-3H3,(H,38,39)/t33?,35-/m1/s1. The van der Waals surface area contributed by atoms with Gasteiger partial charge in [-0.25, -0.2) is 4.79 Å². The van der Waals surface area contributed by atoms with E-state index in [1.165, 1.54) is 48.9 Å². The van der Waals surface area contributed by atoms with Crippen molar-refractivity contribution in [3.63, 3.8) is 0 Å². The highest BCUT2D eigenvalue weighted by atomic mass is 16.5. The molecular formula is C36H43NO3. The number of carboxylic acid groups (broad SMARTS) is 1. The van der Waals surface area contributed by atoms with E-state index in [9.17, 15) is 9.90 Å². The summed E-state index contributed by atoms with van der Waals surface area (Å²) in [5.74, 6) is -0.412. The van der Waals surface area contributed by atoms with E-state index < -0.39 is 12.1 Å². The van der Waals surface area contributed by atoms with Gasteiger partial charge in [0.25, 0.3) is 0 Å². The number of hydrogen-bond acceptors (Lipinski definition) is 2. The number of rotatable bonds is 15. The van der Waals surface area contributed by atoms with Gasteiger partial charge in [0.2, 0.25) is 0 Å². The van der Waals surface area contributed by atoms with Gasteiger partial charge in [0.1, 0.15) is 5.75 Å². The van der Waals surface area contributed by atoms with Gasteiger partial charge >= 0.3 is 5.97 Å². The molecule has 0 aliphatic rings. The molecule has 4 rings (SSSR count). The minimum absolute atomic E-state index is 0.238. The summed E-state index contributed by atoms with van der Waals surface area (Å²) in [6, 6.07) is 31.2. The Morgan fingerprint density at radius 2 is 1.50 bits per heavy atom. The quantitative estimate of drug-likeness (QED) is 0.154. The largest absolute Gasteiger partial charge is 0.478 e. The highest BCUT2D eigenvalue weighted by Gasteiger charge is 2.21. The van der Waals surface area contributed by atoms with Gasteiger partial charge < -0.3 is 14.4 Å². The molecule has 0 saturated heterocycles. The van der Waals surface area contributed by atoms with Crippen LogP contribution in [-0.2, 0) is 17.6 Å². The van der Waals surface area contributed by atoms with E-state index in [0.29, 0.717) is 12.2 Å². The van der Waals surface area contributed by atoms with Crippen LogP contribution < -0.4 is 4.74 Å². The number of ether oxygens (including phenoxy) is 1. The van der Waals surface area contributed by atoms with E-state index in [1.807, 2.05) is 54.6 Å². The number of benzene rings is 3. The van der Waals surface area contributed by atoms with Crippen molar-refractivity contribution in [3.8, 4) is 17.0 Å². The molecule has 1 unspecified atom stereocenters. The Hall–Kier alpha value is -3.79. The fraction of sp³-hybridized carbons (Fsp3) is 0.361. The molecule has 3 aromatic carbocycles. The molecule has 1 N–H and O–H groups in total. The number of aromatic nitrogens is 1. The van der Waals surface area contributed by atoms with E-state index in [2.05, 4.69) is 61.7 Å². The Labute approximate surface area is 239 Å². The van der Waals surface area contributed by atoms with Crippen molar-refractivity contribution in [2.24, 2.45) is 0 Å². The van der Waals surface area contributed by atoms with Crippen LogP contribution in [0.4, 0.5) is 0 Å². The average Bonchev–Trinajstić information content (AvgIpc) is 3.35. The average molecular weight is 538 g/mol. The minimum atomic E-state index is -0.967. The molecule has 0 amide bonds. The molecule has 0 bridgehead atoms. The summed E-state index contributed by atoms with van der Waals surface area (Å²) < 4.78 is 8.32. The summed E-state index contributed by atoms with van der Waals surface area (Å²) in [6.07, 6.45) is 8.04. The fourth-order valence-corrected chi connectivity index (χ4v) is 5.48. The van der Waals surface area contributed by atoms with Crippen molar-refractivity contribution < 1.29 is 14.6 Å². The molecule has 4 nitrogen and oxygen atoms in total. The number of aliphatic carboxylic acids is 1. The normalized spacial score (nSPS) is 12.7. The van der Waals surface area contributed by atoms with Crippen molar-refractivity contribution in [3.05, 3.63) is 113 Å². The Kier molecular flexibility index (Phi) is 10.6. The third kappa shape index (κ3) is 7.65. The smallest absolute Gasteiger partial charge is 0.345 e. The Morgan fingerprint density at radius 3 is 2.15 bits per heavy atom. The lowest BCUT2D eigenvalue weighted by atomic mass is 9.99. The lowest BCUT2D eigenvalue weighted by molar-refractivity contribution is -0.145. The van der Waals surface area contributed by atoms with Crippen LogP contribution in [0.5, 0.6) is 5.75 Å². The van der Waals surface area contributed by atoms with Gasteiger partial charge in [0.05, 0.1) is 6.04 Å². The summed E-state index contributed by atoms with van der Waals surface area (Å²) >= 11 is 0. The fourth-order valence-electron chi connectivity index (χ4n) is 5.48. The molecular weight excluding hydrogens is 494 g/mol. The van der Waals surface area contributed by atoms with Crippen LogP contribution in [0, 0.1) is 6.92 Å². The second-order valence-electron chi connectivity index (χ2n) is 10.7. The summed E-state index contributed by atoms with van der Waals surface area (Å²) in [7, 11) is 0. The van der Waals surface area contributed by atoms with Crippen LogP contribution in [0.2, 0.25) is 0 Å². The molecule has 0 radical (unpaired) electrons. The highest BCUT2D eigenvalue weighted by molar-refractivity contribution is 5.73. The molecule has 210 valence electrons. The number of carboxylic acids is 1. The first-order chi connectivity index (χ1) is 19.5. The summed E-state index contributed by atoms with van der Waals surface area (Å²) in [5.41, 5.74) is 7.12. The highest BCUT2D eigenvalue weighted by Crippen LogP contribution is 2.33. The Morgan fingerprint density at radius 1 is 0.800 bits per heavy atom. The van der Waals surface area contributed by atoms with Gasteiger partial charge in [0.15, 0.2) is 6.10 Å². The van der Waals surface area contributed by atoms with E-state index in [1.54, 1.807) is 0 Å². The van der Waals surface area contributed by atoms with Crippen molar-refractivity contribution in [2.75, 3.05) is 0 Å². The molecule has 4 aromatic rings. The predicted octanol–water partition coefficient (Wildman–Crippen LogP) is 9.05. The maximum atomic E-state index is 11.9. The van der Waals surface area contributed by atoms with Crippen molar-refractivity contribution in [1.29, 1.82) is 0 Å². The number of unbranched alkanes of at least 4 members (excludes halogenated alkanes) is 4. The van der Waals surface area contributed by atoms with Crippen molar-refractivity contribution in [2.45, 2.75) is 84.3 Å². The molecule has 2 atom stereocenters. The third-order valence-corrected chi connectivity index (χ3v) is 7.72. The van der Waals surface area contributed by atoms with E-state index >= 15 is 0 Å². The lowest BCUT2D eigenvalue weighted by Crippen LogP contribution is -2.29. The monoisotopic (exact) mass is 537 g/mol. The second kappa shape index (κ2) is 14.6. The van der Waals surface area contributed by atoms with Crippen LogP contribution in [0.1, 0.15) is 80.8 Å². The Balaban J connectivity index is 1.47. The SMILES string of the molecule is CCCCCCCc1ccc(C(CC)n2c(C)ccc2-c2ccc(O[C@H](Cc3ccccc3)C(=O)O)cc2)cc1. The molecule has 0 saturated carbocycles. The molecule has 1 heterocycles. The van der Waals surface area contributed by atoms with Crippen molar-refractivity contribution in [1.82, 2.24) is 4.57 Å². The molecule has 0 aliphatic carbocycles. The first-order valence-corrected chi connectivity index (χ1v) is 14.8. The third-order valence-electron chi connectivity index (χ3n) is 7.72. The van der Waals surface area contributed by atoms with Gasteiger partial charge in [-0.1, -0.05) is 94.1 Å². The van der Waals surface area contributed by atoms with Crippen LogP contribution in [0.25, 0.3) is 11.3 Å². The van der Waals surface area contributed by atoms with Gasteiger partial charge in [0, 0.05) is 17.8 Å². The zero-order valence-corrected chi connectivity index (χ0v) is 24.2. The van der Waals surface area contributed by atoms with Crippen LogP contribution in [-0.4, -0.2) is 21.7 Å². The molecule has 0 spiro atoms. The number of aryl methyl sites for hydroxylation is 2. The van der Waals surface area contributed by atoms with Gasteiger partial charge in [-0.2, -0.15) is 0 Å². The van der Waals surface area contributed by atoms with Crippen LogP contribution in [0.3, 0.4) is 0 Å². The lowest BCUT2D eigenvalue weighted by Gasteiger charge is -2.24. The number of hydrogen-bond donors (Lipinski definition) is 1. The molecule has 0 fully saturated rings. The maximum absolute atomic E-state index is 11.9.